The lowest BCUT2D eigenvalue weighted by Gasteiger charge is -2.20. The van der Waals surface area contributed by atoms with Crippen molar-refractivity contribution in [3.05, 3.63) is 0 Å². The summed E-state index contributed by atoms with van der Waals surface area (Å²) >= 11 is 0. The summed E-state index contributed by atoms with van der Waals surface area (Å²) < 4.78 is 0. The third-order valence-electron chi connectivity index (χ3n) is 3.32. The molecule has 0 N–H and O–H groups in total. The first-order chi connectivity index (χ1) is 7.56. The number of rotatable bonds is 7. The molecule has 1 aliphatic rings. The van der Waals surface area contributed by atoms with Gasteiger partial charge in [0.1, 0.15) is 0 Å². The van der Waals surface area contributed by atoms with Gasteiger partial charge in [-0.25, -0.2) is 5.06 Å². The summed E-state index contributed by atoms with van der Waals surface area (Å²) in [5, 5.41) is 1.31. The second-order valence-corrected chi connectivity index (χ2v) is 4.77. The van der Waals surface area contributed by atoms with Crippen LogP contribution < -0.4 is 0 Å². The van der Waals surface area contributed by atoms with Crippen LogP contribution in [0.25, 0.3) is 0 Å². The topological polar surface area (TPSA) is 32.8 Å². The minimum Gasteiger partial charge on any atom is -0.303 e. The van der Waals surface area contributed by atoms with Crippen molar-refractivity contribution in [1.82, 2.24) is 9.96 Å². The van der Waals surface area contributed by atoms with Gasteiger partial charge in [0.05, 0.1) is 7.11 Å². The molecule has 1 atom stereocenters. The second kappa shape index (κ2) is 6.21. The van der Waals surface area contributed by atoms with Gasteiger partial charge in [-0.1, -0.05) is 6.92 Å². The molecule has 0 saturated heterocycles. The lowest BCUT2D eigenvalue weighted by Crippen LogP contribution is -2.31. The molecule has 1 saturated carbocycles. The van der Waals surface area contributed by atoms with Crippen molar-refractivity contribution in [2.45, 2.75) is 38.6 Å². The second-order valence-electron chi connectivity index (χ2n) is 4.77. The van der Waals surface area contributed by atoms with Crippen LogP contribution in [0.5, 0.6) is 0 Å². The number of nitrogens with zero attached hydrogens (tertiary/aromatic N) is 2. The molecule has 0 aromatic heterocycles. The smallest absolute Gasteiger partial charge is 0.248 e. The van der Waals surface area contributed by atoms with Gasteiger partial charge >= 0.3 is 0 Å². The number of hydrogen-bond donors (Lipinski definition) is 0. The first kappa shape index (κ1) is 13.5. The van der Waals surface area contributed by atoms with Gasteiger partial charge in [-0.15, -0.1) is 0 Å². The number of carbonyl (C=O) groups excluding carboxylic acids is 1. The average Bonchev–Trinajstić information content (AvgIpc) is 3.10. The highest BCUT2D eigenvalue weighted by molar-refractivity contribution is 5.77. The van der Waals surface area contributed by atoms with E-state index in [0.717, 1.165) is 25.4 Å². The van der Waals surface area contributed by atoms with Crippen LogP contribution in [0, 0.1) is 5.92 Å². The molecule has 1 aliphatic carbocycles. The molecule has 0 aromatic rings. The van der Waals surface area contributed by atoms with Gasteiger partial charge < -0.3 is 4.90 Å². The predicted molar refractivity (Wildman–Crippen MR) is 63.8 cm³/mol. The van der Waals surface area contributed by atoms with Crippen LogP contribution in [-0.2, 0) is 9.63 Å². The van der Waals surface area contributed by atoms with Gasteiger partial charge in [-0.05, 0) is 39.3 Å². The molecule has 1 fully saturated rings. The first-order valence-electron chi connectivity index (χ1n) is 6.08. The van der Waals surface area contributed by atoms with Gasteiger partial charge in [0.2, 0.25) is 5.91 Å². The highest BCUT2D eigenvalue weighted by Gasteiger charge is 2.25. The van der Waals surface area contributed by atoms with E-state index in [1.807, 2.05) is 6.92 Å². The lowest BCUT2D eigenvalue weighted by atomic mass is 10.0. The highest BCUT2D eigenvalue weighted by Crippen LogP contribution is 2.25. The molecule has 0 heterocycles. The molecule has 16 heavy (non-hydrogen) atoms. The maximum atomic E-state index is 11.7. The van der Waals surface area contributed by atoms with E-state index in [-0.39, 0.29) is 11.8 Å². The van der Waals surface area contributed by atoms with Crippen LogP contribution >= 0.6 is 0 Å². The van der Waals surface area contributed by atoms with E-state index >= 15 is 0 Å². The van der Waals surface area contributed by atoms with Crippen molar-refractivity contribution in [3.8, 4) is 0 Å². The summed E-state index contributed by atoms with van der Waals surface area (Å²) in [7, 11) is 5.35. The van der Waals surface area contributed by atoms with E-state index in [0.29, 0.717) is 0 Å². The Kier molecular flexibility index (Phi) is 5.22. The summed E-state index contributed by atoms with van der Waals surface area (Å²) in [4.78, 5) is 19.0. The highest BCUT2D eigenvalue weighted by atomic mass is 16.7. The fourth-order valence-electron chi connectivity index (χ4n) is 1.87. The number of amides is 1. The summed E-state index contributed by atoms with van der Waals surface area (Å²) in [6, 6.07) is 0.813. The largest absolute Gasteiger partial charge is 0.303 e. The molecule has 1 rings (SSSR count). The molecular weight excluding hydrogens is 204 g/mol. The molecule has 94 valence electrons. The predicted octanol–water partition coefficient (Wildman–Crippen LogP) is 1.52. The molecule has 0 aromatic carbocycles. The van der Waals surface area contributed by atoms with Gasteiger partial charge in [0.25, 0.3) is 0 Å². The maximum absolute atomic E-state index is 11.7. The van der Waals surface area contributed by atoms with Crippen LogP contribution in [0.2, 0.25) is 0 Å². The molecule has 0 bridgehead atoms. The van der Waals surface area contributed by atoms with Crippen LogP contribution in [-0.4, -0.2) is 49.7 Å². The van der Waals surface area contributed by atoms with Crippen LogP contribution in [0.3, 0.4) is 0 Å². The average molecular weight is 228 g/mol. The zero-order chi connectivity index (χ0) is 12.1. The number of hydrogen-bond acceptors (Lipinski definition) is 3. The van der Waals surface area contributed by atoms with Gasteiger partial charge in [0.15, 0.2) is 0 Å². The van der Waals surface area contributed by atoms with Crippen molar-refractivity contribution in [2.75, 3.05) is 27.7 Å². The molecule has 1 amide bonds. The van der Waals surface area contributed by atoms with Gasteiger partial charge in [0, 0.05) is 19.0 Å². The fraction of sp³-hybridized carbons (Fsp3) is 0.917. The van der Waals surface area contributed by atoms with Crippen LogP contribution in [0.4, 0.5) is 0 Å². The lowest BCUT2D eigenvalue weighted by molar-refractivity contribution is -0.173. The molecule has 0 spiro atoms. The third kappa shape index (κ3) is 4.10. The first-order valence-corrected chi connectivity index (χ1v) is 6.08. The molecule has 0 unspecified atom stereocenters. The standard InChI is InChI=1S/C12H24N2O2/c1-10(12(15)14(3)16-4)6-5-9-13(2)11-7-8-11/h10-11H,5-9H2,1-4H3/t10-/m0/s1. The van der Waals surface area contributed by atoms with Crippen LogP contribution in [0.15, 0.2) is 0 Å². The van der Waals surface area contributed by atoms with E-state index in [9.17, 15) is 4.79 Å². The Morgan fingerprint density at radius 3 is 2.56 bits per heavy atom. The van der Waals surface area contributed by atoms with Crippen LogP contribution in [0.1, 0.15) is 32.6 Å². The third-order valence-corrected chi connectivity index (χ3v) is 3.32. The quantitative estimate of drug-likeness (QED) is 0.619. The Bertz CT molecular complexity index is 229. The van der Waals surface area contributed by atoms with E-state index in [1.165, 1.54) is 25.0 Å². The van der Waals surface area contributed by atoms with Crippen molar-refractivity contribution in [1.29, 1.82) is 0 Å². The normalized spacial score (nSPS) is 17.6. The minimum absolute atomic E-state index is 0.0533. The zero-order valence-corrected chi connectivity index (χ0v) is 10.9. The summed E-state index contributed by atoms with van der Waals surface area (Å²) in [5.74, 6) is 0.120. The Hall–Kier alpha value is -0.610. The maximum Gasteiger partial charge on any atom is 0.248 e. The number of carbonyl (C=O) groups is 1. The summed E-state index contributed by atoms with van der Waals surface area (Å²) in [5.41, 5.74) is 0. The molecule has 4 nitrogen and oxygen atoms in total. The van der Waals surface area contributed by atoms with Gasteiger partial charge in [-0.3, -0.25) is 9.63 Å². The van der Waals surface area contributed by atoms with E-state index < -0.39 is 0 Å². The van der Waals surface area contributed by atoms with Crippen molar-refractivity contribution in [3.63, 3.8) is 0 Å². The Balaban J connectivity index is 2.13. The molecule has 4 heteroatoms. The monoisotopic (exact) mass is 228 g/mol. The van der Waals surface area contributed by atoms with Crippen molar-refractivity contribution in [2.24, 2.45) is 5.92 Å². The minimum atomic E-state index is 0.0533. The van der Waals surface area contributed by atoms with Crippen molar-refractivity contribution >= 4 is 5.91 Å². The Morgan fingerprint density at radius 2 is 2.06 bits per heavy atom. The zero-order valence-electron chi connectivity index (χ0n) is 10.9. The van der Waals surface area contributed by atoms with E-state index in [4.69, 9.17) is 4.84 Å². The Morgan fingerprint density at radius 1 is 1.44 bits per heavy atom. The molecule has 0 radical (unpaired) electrons. The summed E-state index contributed by atoms with van der Waals surface area (Å²) in [6.07, 6.45) is 4.70. The van der Waals surface area contributed by atoms with Crippen molar-refractivity contribution < 1.29 is 9.63 Å². The SMILES string of the molecule is CON(C)C(=O)[C@@H](C)CCCN(C)C1CC1. The van der Waals surface area contributed by atoms with E-state index in [1.54, 1.807) is 7.05 Å². The number of hydroxylamine groups is 2. The molecular formula is C12H24N2O2. The summed E-state index contributed by atoms with van der Waals surface area (Å²) in [6.45, 7) is 3.06. The van der Waals surface area contributed by atoms with Gasteiger partial charge in [-0.2, -0.15) is 0 Å². The fourth-order valence-corrected chi connectivity index (χ4v) is 1.87. The molecule has 0 aliphatic heterocycles. The van der Waals surface area contributed by atoms with E-state index in [2.05, 4.69) is 11.9 Å². The Labute approximate surface area is 98.5 Å².